The molecular formula is C32H33ClFN5O4. The Morgan fingerprint density at radius 1 is 1.16 bits per heavy atom. The number of hydrogen-bond acceptors (Lipinski definition) is 8. The highest BCUT2D eigenvalue weighted by atomic mass is 35.5. The van der Waals surface area contributed by atoms with E-state index in [1.807, 2.05) is 13.1 Å². The van der Waals surface area contributed by atoms with Gasteiger partial charge in [0, 0.05) is 40.9 Å². The van der Waals surface area contributed by atoms with Crippen molar-refractivity contribution in [1.82, 2.24) is 14.9 Å². The minimum absolute atomic E-state index is 0.229. The second-order valence-electron chi connectivity index (χ2n) is 10.9. The van der Waals surface area contributed by atoms with Crippen molar-refractivity contribution in [2.45, 2.75) is 38.3 Å². The molecule has 9 nitrogen and oxygen atoms in total. The Balaban J connectivity index is 1.48. The average Bonchev–Trinajstić information content (AvgIpc) is 3.37. The van der Waals surface area contributed by atoms with E-state index in [-0.39, 0.29) is 28.5 Å². The van der Waals surface area contributed by atoms with E-state index in [9.17, 15) is 14.3 Å². The fraction of sp³-hybridized carbons (Fsp3) is 0.281. The van der Waals surface area contributed by atoms with E-state index in [0.717, 1.165) is 19.4 Å². The number of aliphatic hydroxyl groups is 1. The fourth-order valence-corrected chi connectivity index (χ4v) is 5.23. The number of fused-ring (bicyclic) bond motifs is 1. The summed E-state index contributed by atoms with van der Waals surface area (Å²) in [4.78, 5) is 23.9. The Labute approximate surface area is 254 Å². The van der Waals surface area contributed by atoms with E-state index >= 15 is 0 Å². The molecule has 0 spiro atoms. The Bertz CT molecular complexity index is 1690. The van der Waals surface area contributed by atoms with E-state index < -0.39 is 11.4 Å². The maximum absolute atomic E-state index is 13.7. The molecule has 0 saturated carbocycles. The molecule has 1 saturated heterocycles. The molecule has 5 rings (SSSR count). The number of hydrogen-bond donors (Lipinski definition) is 3. The molecule has 3 aromatic carbocycles. The van der Waals surface area contributed by atoms with Gasteiger partial charge in [-0.3, -0.25) is 9.69 Å². The molecule has 3 N–H and O–H groups in total. The number of amides is 1. The van der Waals surface area contributed by atoms with Gasteiger partial charge in [0.05, 0.1) is 28.9 Å². The van der Waals surface area contributed by atoms with Crippen LogP contribution in [0.2, 0.25) is 5.02 Å². The van der Waals surface area contributed by atoms with Crippen molar-refractivity contribution in [2.75, 3.05) is 31.3 Å². The molecule has 1 atom stereocenters. The summed E-state index contributed by atoms with van der Waals surface area (Å²) < 4.78 is 25.1. The first-order valence-electron chi connectivity index (χ1n) is 13.8. The van der Waals surface area contributed by atoms with Gasteiger partial charge >= 0.3 is 0 Å². The molecule has 1 aromatic heterocycles. The Hall–Kier alpha value is -4.25. The van der Waals surface area contributed by atoms with Gasteiger partial charge in [-0.2, -0.15) is 0 Å². The number of likely N-dealkylation sites (tertiary alicyclic amines) is 1. The number of likely N-dealkylation sites (N-methyl/N-ethyl adjacent to an activating group) is 1. The van der Waals surface area contributed by atoms with E-state index in [1.54, 1.807) is 50.3 Å². The first kappa shape index (κ1) is 30.2. The van der Waals surface area contributed by atoms with Crippen LogP contribution < -0.4 is 20.1 Å². The molecule has 0 aliphatic carbocycles. The summed E-state index contributed by atoms with van der Waals surface area (Å²) >= 11 is 6.59. The highest BCUT2D eigenvalue weighted by Crippen LogP contribution is 2.41. The minimum atomic E-state index is -1.32. The summed E-state index contributed by atoms with van der Waals surface area (Å²) in [6.45, 7) is 4.26. The molecule has 0 radical (unpaired) electrons. The minimum Gasteiger partial charge on any atom is -0.494 e. The van der Waals surface area contributed by atoms with Crippen LogP contribution in [-0.4, -0.2) is 52.6 Å². The number of halogens is 2. The largest absolute Gasteiger partial charge is 0.494 e. The average molecular weight is 606 g/mol. The summed E-state index contributed by atoms with van der Waals surface area (Å²) in [5, 5.41) is 18.0. The van der Waals surface area contributed by atoms with Gasteiger partial charge in [0.25, 0.3) is 0 Å². The zero-order valence-electron chi connectivity index (χ0n) is 24.3. The van der Waals surface area contributed by atoms with Gasteiger partial charge < -0.3 is 25.2 Å². The van der Waals surface area contributed by atoms with Gasteiger partial charge in [0.15, 0.2) is 0 Å². The molecular weight excluding hydrogens is 573 g/mol. The van der Waals surface area contributed by atoms with E-state index in [2.05, 4.69) is 25.5 Å². The smallest absolute Gasteiger partial charge is 0.248 e. The standard InChI is InChI=1S/C32H33ClFN5O4/c1-32(2,41)23-15-28(43-21-9-5-7-19(34)13-21)24(33)16-26(23)38-31-22-14-27(29(42-4)17-25(22)35-18-36-31)37-30(40)11-10-20-8-6-12-39(20)3/h5,7,9-11,13-18,20,41H,6,8,12H2,1-4H3,(H,37,40)(H,35,36,38)/b11-10+/t20-/m1/s1. The maximum atomic E-state index is 13.7. The number of nitrogens with zero attached hydrogens (tertiary/aromatic N) is 3. The number of rotatable bonds is 9. The number of carbonyl (C=O) groups is 1. The zero-order chi connectivity index (χ0) is 30.7. The maximum Gasteiger partial charge on any atom is 0.248 e. The molecule has 2 heterocycles. The van der Waals surface area contributed by atoms with Crippen molar-refractivity contribution in [3.63, 3.8) is 0 Å². The van der Waals surface area contributed by atoms with Gasteiger partial charge in [-0.15, -0.1) is 0 Å². The molecule has 1 amide bonds. The zero-order valence-corrected chi connectivity index (χ0v) is 25.1. The number of benzene rings is 3. The van der Waals surface area contributed by atoms with Gasteiger partial charge in [0.2, 0.25) is 5.91 Å². The Kier molecular flexibility index (Phi) is 8.82. The van der Waals surface area contributed by atoms with Crippen LogP contribution in [0.25, 0.3) is 10.9 Å². The first-order chi connectivity index (χ1) is 20.5. The highest BCUT2D eigenvalue weighted by Gasteiger charge is 2.24. The van der Waals surface area contributed by atoms with Crippen LogP contribution in [0.5, 0.6) is 17.2 Å². The lowest BCUT2D eigenvalue weighted by Gasteiger charge is -2.24. The van der Waals surface area contributed by atoms with Crippen LogP contribution in [0.15, 0.2) is 67.0 Å². The van der Waals surface area contributed by atoms with Crippen molar-refractivity contribution in [3.8, 4) is 17.2 Å². The SMILES string of the molecule is COc1cc2ncnc(Nc3cc(Cl)c(Oc4cccc(F)c4)cc3C(C)(C)O)c2cc1NC(=O)/C=C/[C@H]1CCCN1C. The van der Waals surface area contributed by atoms with Gasteiger partial charge in [-0.25, -0.2) is 14.4 Å². The summed E-state index contributed by atoms with van der Waals surface area (Å²) in [5.74, 6) is 0.626. The van der Waals surface area contributed by atoms with Crippen molar-refractivity contribution >= 4 is 45.6 Å². The summed E-state index contributed by atoms with van der Waals surface area (Å²) in [7, 11) is 3.56. The van der Waals surface area contributed by atoms with E-state index in [4.69, 9.17) is 21.1 Å². The van der Waals surface area contributed by atoms with Crippen LogP contribution in [0, 0.1) is 5.82 Å². The number of carbonyl (C=O) groups excluding carboxylic acids is 1. The van der Waals surface area contributed by atoms with Gasteiger partial charge in [-0.05, 0) is 70.6 Å². The third-order valence-corrected chi connectivity index (χ3v) is 7.56. The van der Waals surface area contributed by atoms with Crippen LogP contribution in [-0.2, 0) is 10.4 Å². The number of ether oxygens (including phenoxy) is 2. The third-order valence-electron chi connectivity index (χ3n) is 7.27. The van der Waals surface area contributed by atoms with E-state index in [1.165, 1.54) is 31.6 Å². The number of methoxy groups -OCH3 is 1. The van der Waals surface area contributed by atoms with Crippen LogP contribution in [0.3, 0.4) is 0 Å². The molecule has 4 aromatic rings. The number of aromatic nitrogens is 2. The molecule has 1 fully saturated rings. The quantitative estimate of drug-likeness (QED) is 0.179. The van der Waals surface area contributed by atoms with Crippen LogP contribution in [0.1, 0.15) is 32.3 Å². The fourth-order valence-electron chi connectivity index (χ4n) is 5.03. The first-order valence-corrected chi connectivity index (χ1v) is 14.2. The summed E-state index contributed by atoms with van der Waals surface area (Å²) in [6, 6.07) is 12.6. The summed E-state index contributed by atoms with van der Waals surface area (Å²) in [5.41, 5.74) is 0.616. The monoisotopic (exact) mass is 605 g/mol. The highest BCUT2D eigenvalue weighted by molar-refractivity contribution is 6.32. The molecule has 224 valence electrons. The van der Waals surface area contributed by atoms with Crippen molar-refractivity contribution in [3.05, 3.63) is 83.4 Å². The predicted molar refractivity (Wildman–Crippen MR) is 166 cm³/mol. The Morgan fingerprint density at radius 3 is 2.67 bits per heavy atom. The lowest BCUT2D eigenvalue weighted by molar-refractivity contribution is -0.112. The van der Waals surface area contributed by atoms with Gasteiger partial charge in [-0.1, -0.05) is 23.7 Å². The predicted octanol–water partition coefficient (Wildman–Crippen LogP) is 6.78. The lowest BCUT2D eigenvalue weighted by atomic mass is 9.96. The summed E-state index contributed by atoms with van der Waals surface area (Å²) in [6.07, 6.45) is 6.97. The second kappa shape index (κ2) is 12.5. The van der Waals surface area contributed by atoms with Gasteiger partial charge in [0.1, 0.15) is 35.2 Å². The third kappa shape index (κ3) is 7.05. The second-order valence-corrected chi connectivity index (χ2v) is 11.3. The molecule has 0 bridgehead atoms. The molecule has 1 aliphatic rings. The van der Waals surface area contributed by atoms with Crippen molar-refractivity contribution in [1.29, 1.82) is 0 Å². The molecule has 43 heavy (non-hydrogen) atoms. The van der Waals surface area contributed by atoms with Crippen LogP contribution in [0.4, 0.5) is 21.6 Å². The van der Waals surface area contributed by atoms with Crippen molar-refractivity contribution in [2.24, 2.45) is 0 Å². The molecule has 1 aliphatic heterocycles. The topological polar surface area (TPSA) is 109 Å². The molecule has 0 unspecified atom stereocenters. The van der Waals surface area contributed by atoms with Crippen LogP contribution >= 0.6 is 11.6 Å². The van der Waals surface area contributed by atoms with E-state index in [0.29, 0.717) is 39.4 Å². The molecule has 11 heteroatoms. The normalized spacial score (nSPS) is 15.7. The Morgan fingerprint density at radius 2 is 1.98 bits per heavy atom. The lowest BCUT2D eigenvalue weighted by Crippen LogP contribution is -2.23. The van der Waals surface area contributed by atoms with Crippen molar-refractivity contribution < 1.29 is 23.8 Å². The number of anilines is 3. The number of nitrogens with one attached hydrogen (secondary N) is 2.